The Balaban J connectivity index is 1.06. The van der Waals surface area contributed by atoms with E-state index in [0.717, 1.165) is 86.0 Å². The highest BCUT2D eigenvalue weighted by Gasteiger charge is 2.35. The molecule has 6 rings (SSSR count). The van der Waals surface area contributed by atoms with Crippen LogP contribution < -0.4 is 10.6 Å². The standard InChI is InChI=1S/C33H44Br2N6O3/c34-28-6-5-24(21-29(28)35)22-31(32(42)39-19-17-38(18-20-39)26-7-12-36-13-8-26)44-33(43)40-15-10-27(11-16-40)41-14-9-25-3-1-2-4-30(25)37-23-41/h1-6,21,26-27,31,36-37H,7-20,22-23H2/t31-/m1/s1. The lowest BCUT2D eigenvalue weighted by molar-refractivity contribution is -0.143. The first kappa shape index (κ1) is 31.8. The van der Waals surface area contributed by atoms with Crippen molar-refractivity contribution >= 4 is 49.5 Å². The Morgan fingerprint density at radius 3 is 2.30 bits per heavy atom. The molecule has 0 unspecified atom stereocenters. The second-order valence-electron chi connectivity index (χ2n) is 12.4. The van der Waals surface area contributed by atoms with Crippen molar-refractivity contribution in [2.24, 2.45) is 0 Å². The number of hydrogen-bond acceptors (Lipinski definition) is 7. The number of rotatable bonds is 6. The van der Waals surface area contributed by atoms with Gasteiger partial charge in [-0.1, -0.05) is 24.3 Å². The summed E-state index contributed by atoms with van der Waals surface area (Å²) >= 11 is 7.12. The van der Waals surface area contributed by atoms with Crippen molar-refractivity contribution in [2.45, 2.75) is 56.7 Å². The maximum absolute atomic E-state index is 13.9. The number of carbonyl (C=O) groups excluding carboxylic acids is 2. The van der Waals surface area contributed by atoms with E-state index in [1.54, 1.807) is 4.90 Å². The van der Waals surface area contributed by atoms with Crippen LogP contribution in [-0.4, -0.2) is 115 Å². The van der Waals surface area contributed by atoms with E-state index >= 15 is 0 Å². The lowest BCUT2D eigenvalue weighted by Crippen LogP contribution is -2.56. The fourth-order valence-electron chi connectivity index (χ4n) is 7.11. The number of ether oxygens (including phenoxy) is 1. The summed E-state index contributed by atoms with van der Waals surface area (Å²) in [7, 11) is 0. The molecule has 2 amide bonds. The number of fused-ring (bicyclic) bond motifs is 1. The molecule has 0 saturated carbocycles. The van der Waals surface area contributed by atoms with Crippen LogP contribution in [0.1, 0.15) is 36.8 Å². The van der Waals surface area contributed by atoms with E-state index in [2.05, 4.69) is 76.6 Å². The molecule has 0 spiro atoms. The summed E-state index contributed by atoms with van der Waals surface area (Å²) in [6, 6.07) is 15.5. The van der Waals surface area contributed by atoms with Gasteiger partial charge in [0.15, 0.2) is 6.10 Å². The number of hydrogen-bond donors (Lipinski definition) is 2. The lowest BCUT2D eigenvalue weighted by atomic mass is 10.0. The Labute approximate surface area is 277 Å². The van der Waals surface area contributed by atoms with Crippen molar-refractivity contribution in [1.82, 2.24) is 24.9 Å². The predicted octanol–water partition coefficient (Wildman–Crippen LogP) is 4.55. The van der Waals surface area contributed by atoms with Crippen LogP contribution in [0.15, 0.2) is 51.4 Å². The molecule has 0 aromatic heterocycles. The molecule has 238 valence electrons. The van der Waals surface area contributed by atoms with Gasteiger partial charge in [-0.05, 0) is 106 Å². The maximum Gasteiger partial charge on any atom is 0.410 e. The fraction of sp³-hybridized carbons (Fsp3) is 0.576. The minimum atomic E-state index is -0.855. The van der Waals surface area contributed by atoms with Gasteiger partial charge in [0.2, 0.25) is 0 Å². The number of para-hydroxylation sites is 1. The molecule has 4 aliphatic heterocycles. The second-order valence-corrected chi connectivity index (χ2v) is 14.1. The van der Waals surface area contributed by atoms with Crippen molar-refractivity contribution in [2.75, 3.05) is 70.9 Å². The van der Waals surface area contributed by atoms with Crippen molar-refractivity contribution in [1.29, 1.82) is 0 Å². The van der Waals surface area contributed by atoms with E-state index in [9.17, 15) is 9.59 Å². The molecule has 0 radical (unpaired) electrons. The molecule has 2 aromatic rings. The Bertz CT molecular complexity index is 1270. The number of nitrogens with zero attached hydrogens (tertiary/aromatic N) is 4. The minimum Gasteiger partial charge on any atom is -0.436 e. The van der Waals surface area contributed by atoms with Gasteiger partial charge in [0.25, 0.3) is 5.91 Å². The van der Waals surface area contributed by atoms with Crippen LogP contribution in [0.3, 0.4) is 0 Å². The van der Waals surface area contributed by atoms with E-state index in [4.69, 9.17) is 4.74 Å². The van der Waals surface area contributed by atoms with Gasteiger partial charge >= 0.3 is 6.09 Å². The van der Waals surface area contributed by atoms with E-state index in [1.165, 1.54) is 11.3 Å². The number of benzene rings is 2. The number of likely N-dealkylation sites (tertiary alicyclic amines) is 1. The molecular weight excluding hydrogens is 688 g/mol. The number of amides is 2. The molecule has 2 N–H and O–H groups in total. The molecule has 0 bridgehead atoms. The summed E-state index contributed by atoms with van der Waals surface area (Å²) < 4.78 is 7.95. The normalized spacial score (nSPS) is 21.7. The summed E-state index contributed by atoms with van der Waals surface area (Å²) in [5.41, 5.74) is 3.53. The largest absolute Gasteiger partial charge is 0.436 e. The molecule has 3 fully saturated rings. The number of halogens is 2. The number of carbonyl (C=O) groups is 2. The molecule has 44 heavy (non-hydrogen) atoms. The average molecular weight is 733 g/mol. The summed E-state index contributed by atoms with van der Waals surface area (Å²) in [4.78, 5) is 36.2. The number of piperazine rings is 1. The SMILES string of the molecule is O=C(O[C@H](Cc1ccc(Br)c(Br)c1)C(=O)N1CCN(C2CCNCC2)CC1)N1CCC(N2CCc3ccccc3NC2)CC1. The monoisotopic (exact) mass is 730 g/mol. The summed E-state index contributed by atoms with van der Waals surface area (Å²) in [6.45, 7) is 8.27. The van der Waals surface area contributed by atoms with Gasteiger partial charge in [-0.15, -0.1) is 0 Å². The maximum atomic E-state index is 13.9. The first-order valence-electron chi connectivity index (χ1n) is 16.1. The first-order valence-corrected chi connectivity index (χ1v) is 17.7. The number of piperidine rings is 2. The zero-order chi connectivity index (χ0) is 30.5. The van der Waals surface area contributed by atoms with E-state index in [1.807, 2.05) is 23.1 Å². The molecule has 1 atom stereocenters. The Kier molecular flexibility index (Phi) is 10.8. The van der Waals surface area contributed by atoms with Crippen molar-refractivity contribution in [3.05, 3.63) is 62.5 Å². The van der Waals surface area contributed by atoms with Crippen molar-refractivity contribution < 1.29 is 14.3 Å². The molecule has 9 nitrogen and oxygen atoms in total. The number of nitrogens with one attached hydrogen (secondary N) is 2. The van der Waals surface area contributed by atoms with Crippen LogP contribution in [0.5, 0.6) is 0 Å². The topological polar surface area (TPSA) is 80.4 Å². The highest BCUT2D eigenvalue weighted by molar-refractivity contribution is 9.13. The molecule has 4 aliphatic rings. The van der Waals surface area contributed by atoms with E-state index in [-0.39, 0.29) is 12.0 Å². The summed E-state index contributed by atoms with van der Waals surface area (Å²) in [6.07, 6.45) is 4.24. The third-order valence-corrected chi connectivity index (χ3v) is 11.7. The van der Waals surface area contributed by atoms with Crippen LogP contribution in [0.2, 0.25) is 0 Å². The van der Waals surface area contributed by atoms with E-state index in [0.29, 0.717) is 44.7 Å². The molecule has 11 heteroatoms. The van der Waals surface area contributed by atoms with Gasteiger partial charge in [0, 0.05) is 79.0 Å². The minimum absolute atomic E-state index is 0.0903. The van der Waals surface area contributed by atoms with Gasteiger partial charge in [-0.25, -0.2) is 4.79 Å². The molecule has 4 heterocycles. The quantitative estimate of drug-likeness (QED) is 0.452. The Morgan fingerprint density at radius 1 is 0.818 bits per heavy atom. The van der Waals surface area contributed by atoms with Crippen LogP contribution in [0.4, 0.5) is 10.5 Å². The molecular formula is C33H44Br2N6O3. The smallest absolute Gasteiger partial charge is 0.410 e. The van der Waals surface area contributed by atoms with Gasteiger partial charge in [0.05, 0.1) is 6.67 Å². The van der Waals surface area contributed by atoms with Gasteiger partial charge in [-0.2, -0.15) is 0 Å². The van der Waals surface area contributed by atoms with Crippen LogP contribution >= 0.6 is 31.9 Å². The van der Waals surface area contributed by atoms with Crippen molar-refractivity contribution in [3.63, 3.8) is 0 Å². The molecule has 3 saturated heterocycles. The Morgan fingerprint density at radius 2 is 1.55 bits per heavy atom. The van der Waals surface area contributed by atoms with Crippen LogP contribution in [0, 0.1) is 0 Å². The fourth-order valence-corrected chi connectivity index (χ4v) is 7.78. The third kappa shape index (κ3) is 7.78. The molecule has 0 aliphatic carbocycles. The second kappa shape index (κ2) is 14.9. The van der Waals surface area contributed by atoms with Gasteiger partial charge < -0.3 is 25.2 Å². The molecule has 2 aromatic carbocycles. The van der Waals surface area contributed by atoms with Gasteiger partial charge in [0.1, 0.15) is 0 Å². The van der Waals surface area contributed by atoms with E-state index < -0.39 is 6.10 Å². The predicted molar refractivity (Wildman–Crippen MR) is 180 cm³/mol. The lowest BCUT2D eigenvalue weighted by Gasteiger charge is -2.41. The average Bonchev–Trinajstić information content (AvgIpc) is 3.29. The van der Waals surface area contributed by atoms with Crippen LogP contribution in [-0.2, 0) is 22.4 Å². The Hall–Kier alpha value is -2.18. The van der Waals surface area contributed by atoms with Gasteiger partial charge in [-0.3, -0.25) is 14.6 Å². The highest BCUT2D eigenvalue weighted by Crippen LogP contribution is 2.27. The summed E-state index contributed by atoms with van der Waals surface area (Å²) in [5, 5.41) is 7.04. The first-order chi connectivity index (χ1) is 21.4. The van der Waals surface area contributed by atoms with Crippen molar-refractivity contribution in [3.8, 4) is 0 Å². The number of anilines is 1. The summed E-state index contributed by atoms with van der Waals surface area (Å²) in [5.74, 6) is -0.0903. The highest BCUT2D eigenvalue weighted by atomic mass is 79.9. The van der Waals surface area contributed by atoms with Crippen LogP contribution in [0.25, 0.3) is 0 Å². The third-order valence-electron chi connectivity index (χ3n) is 9.77. The zero-order valence-electron chi connectivity index (χ0n) is 25.4. The zero-order valence-corrected chi connectivity index (χ0v) is 28.5.